The number of carbonyl (C=O) groups is 1. The quantitative estimate of drug-likeness (QED) is 0.591. The van der Waals surface area contributed by atoms with Crippen LogP contribution in [0.3, 0.4) is 0 Å². The molecule has 0 aliphatic carbocycles. The molecule has 0 bridgehead atoms. The van der Waals surface area contributed by atoms with Gasteiger partial charge in [-0.3, -0.25) is 4.79 Å². The molecule has 0 saturated carbocycles. The Morgan fingerprint density at radius 2 is 1.46 bits per heavy atom. The molecule has 76 valence electrons. The van der Waals surface area contributed by atoms with Crippen LogP contribution in [0.25, 0.3) is 0 Å². The van der Waals surface area contributed by atoms with Gasteiger partial charge >= 0.3 is 0 Å². The van der Waals surface area contributed by atoms with Gasteiger partial charge in [-0.1, -0.05) is 25.7 Å². The molecule has 0 radical (unpaired) electrons. The molecule has 1 aliphatic rings. The van der Waals surface area contributed by atoms with E-state index >= 15 is 0 Å². The average Bonchev–Trinajstić information content (AvgIpc) is 2.11. The summed E-state index contributed by atoms with van der Waals surface area (Å²) in [4.78, 5) is 11.1. The zero-order valence-electron chi connectivity index (χ0n) is 8.27. The zero-order valence-corrected chi connectivity index (χ0v) is 8.27. The molecule has 1 heterocycles. The van der Waals surface area contributed by atoms with Gasteiger partial charge in [-0.25, -0.2) is 0 Å². The van der Waals surface area contributed by atoms with Crippen molar-refractivity contribution in [3.63, 3.8) is 0 Å². The summed E-state index contributed by atoms with van der Waals surface area (Å²) in [6.45, 7) is 2.31. The highest BCUT2D eigenvalue weighted by Crippen LogP contribution is 2.04. The zero-order chi connectivity index (χ0) is 9.36. The van der Waals surface area contributed by atoms with E-state index in [0.717, 1.165) is 19.5 Å². The summed E-state index contributed by atoms with van der Waals surface area (Å²) in [6, 6.07) is 0. The van der Waals surface area contributed by atoms with E-state index in [1.165, 1.54) is 32.1 Å². The molecule has 1 amide bonds. The van der Waals surface area contributed by atoms with Crippen LogP contribution in [0.2, 0.25) is 0 Å². The molecular formula is C10H20N2O. The second-order valence-corrected chi connectivity index (χ2v) is 3.65. The summed E-state index contributed by atoms with van der Waals surface area (Å²) in [5.74, 6) is 0.139. The molecule has 1 aliphatic heterocycles. The van der Waals surface area contributed by atoms with Gasteiger partial charge in [0.1, 0.15) is 0 Å². The van der Waals surface area contributed by atoms with Crippen molar-refractivity contribution in [3.8, 4) is 0 Å². The number of carbonyl (C=O) groups excluding carboxylic acids is 1. The van der Waals surface area contributed by atoms with Crippen LogP contribution < -0.4 is 10.6 Å². The first-order chi connectivity index (χ1) is 6.39. The molecule has 1 rings (SSSR count). The van der Waals surface area contributed by atoms with Gasteiger partial charge in [0.05, 0.1) is 6.54 Å². The van der Waals surface area contributed by atoms with E-state index in [1.54, 1.807) is 0 Å². The summed E-state index contributed by atoms with van der Waals surface area (Å²) in [5, 5.41) is 6.04. The van der Waals surface area contributed by atoms with Gasteiger partial charge in [-0.05, 0) is 19.4 Å². The third kappa shape index (κ3) is 5.64. The van der Waals surface area contributed by atoms with E-state index in [1.807, 2.05) is 0 Å². The summed E-state index contributed by atoms with van der Waals surface area (Å²) < 4.78 is 0. The molecule has 0 aromatic carbocycles. The first-order valence-corrected chi connectivity index (χ1v) is 5.37. The molecule has 13 heavy (non-hydrogen) atoms. The van der Waals surface area contributed by atoms with E-state index in [2.05, 4.69) is 10.6 Å². The van der Waals surface area contributed by atoms with E-state index < -0.39 is 0 Å². The molecular weight excluding hydrogens is 164 g/mol. The largest absolute Gasteiger partial charge is 0.355 e. The average molecular weight is 184 g/mol. The van der Waals surface area contributed by atoms with Gasteiger partial charge in [-0.15, -0.1) is 0 Å². The SMILES string of the molecule is O=C1CNCCCCCCCCN1. The van der Waals surface area contributed by atoms with Crippen LogP contribution in [0.4, 0.5) is 0 Å². The Morgan fingerprint density at radius 1 is 0.846 bits per heavy atom. The van der Waals surface area contributed by atoms with Crippen LogP contribution in [0.15, 0.2) is 0 Å². The lowest BCUT2D eigenvalue weighted by Gasteiger charge is -2.08. The highest BCUT2D eigenvalue weighted by Gasteiger charge is 2.00. The predicted molar refractivity (Wildman–Crippen MR) is 53.6 cm³/mol. The smallest absolute Gasteiger partial charge is 0.233 e. The lowest BCUT2D eigenvalue weighted by atomic mass is 10.1. The van der Waals surface area contributed by atoms with Crippen molar-refractivity contribution in [3.05, 3.63) is 0 Å². The minimum Gasteiger partial charge on any atom is -0.355 e. The fourth-order valence-electron chi connectivity index (χ4n) is 1.57. The molecule has 0 aromatic heterocycles. The van der Waals surface area contributed by atoms with Crippen molar-refractivity contribution in [1.29, 1.82) is 0 Å². The normalized spacial score (nSPS) is 22.6. The van der Waals surface area contributed by atoms with Crippen LogP contribution >= 0.6 is 0 Å². The van der Waals surface area contributed by atoms with Crippen LogP contribution in [0.5, 0.6) is 0 Å². The minimum absolute atomic E-state index is 0.139. The fourth-order valence-corrected chi connectivity index (χ4v) is 1.57. The molecule has 1 fully saturated rings. The fraction of sp³-hybridized carbons (Fsp3) is 0.900. The molecule has 0 atom stereocenters. The van der Waals surface area contributed by atoms with E-state index in [4.69, 9.17) is 0 Å². The maximum atomic E-state index is 11.1. The molecule has 3 heteroatoms. The molecule has 0 spiro atoms. The second-order valence-electron chi connectivity index (χ2n) is 3.65. The lowest BCUT2D eigenvalue weighted by molar-refractivity contribution is -0.120. The summed E-state index contributed by atoms with van der Waals surface area (Å²) in [6.07, 6.45) is 7.55. The van der Waals surface area contributed by atoms with Gasteiger partial charge in [0, 0.05) is 6.54 Å². The van der Waals surface area contributed by atoms with Crippen molar-refractivity contribution in [2.24, 2.45) is 0 Å². The van der Waals surface area contributed by atoms with Crippen molar-refractivity contribution >= 4 is 5.91 Å². The van der Waals surface area contributed by atoms with Gasteiger partial charge in [0.2, 0.25) is 5.91 Å². The molecule has 0 unspecified atom stereocenters. The number of nitrogens with one attached hydrogen (secondary N) is 2. The van der Waals surface area contributed by atoms with Crippen molar-refractivity contribution in [1.82, 2.24) is 10.6 Å². The summed E-state index contributed by atoms with van der Waals surface area (Å²) in [5.41, 5.74) is 0. The lowest BCUT2D eigenvalue weighted by Crippen LogP contribution is -2.34. The Morgan fingerprint density at radius 3 is 2.23 bits per heavy atom. The molecule has 0 aromatic rings. The van der Waals surface area contributed by atoms with Crippen LogP contribution in [-0.2, 0) is 4.79 Å². The Hall–Kier alpha value is -0.570. The summed E-state index contributed by atoms with van der Waals surface area (Å²) >= 11 is 0. The van der Waals surface area contributed by atoms with Gasteiger partial charge in [0.15, 0.2) is 0 Å². The monoisotopic (exact) mass is 184 g/mol. The predicted octanol–water partition coefficient (Wildman–Crippen LogP) is 1.05. The Balaban J connectivity index is 2.14. The first-order valence-electron chi connectivity index (χ1n) is 5.37. The maximum Gasteiger partial charge on any atom is 0.233 e. The highest BCUT2D eigenvalue weighted by molar-refractivity contribution is 5.77. The van der Waals surface area contributed by atoms with E-state index in [-0.39, 0.29) is 5.91 Å². The summed E-state index contributed by atoms with van der Waals surface area (Å²) in [7, 11) is 0. The van der Waals surface area contributed by atoms with Crippen LogP contribution in [0.1, 0.15) is 38.5 Å². The Bertz CT molecular complexity index is 134. The van der Waals surface area contributed by atoms with Gasteiger partial charge in [-0.2, -0.15) is 0 Å². The van der Waals surface area contributed by atoms with E-state index in [0.29, 0.717) is 6.54 Å². The van der Waals surface area contributed by atoms with Gasteiger partial charge < -0.3 is 10.6 Å². The van der Waals surface area contributed by atoms with Crippen LogP contribution in [0, 0.1) is 0 Å². The Labute approximate surface area is 80.3 Å². The standard InChI is InChI=1S/C10H20N2O/c13-10-9-11-7-5-3-1-2-4-6-8-12-10/h11H,1-9H2,(H,12,13). The molecule has 2 N–H and O–H groups in total. The third-order valence-corrected chi connectivity index (χ3v) is 2.39. The van der Waals surface area contributed by atoms with Crippen molar-refractivity contribution < 1.29 is 4.79 Å². The number of rotatable bonds is 0. The van der Waals surface area contributed by atoms with E-state index in [9.17, 15) is 4.79 Å². The highest BCUT2D eigenvalue weighted by atomic mass is 16.1. The van der Waals surface area contributed by atoms with Crippen molar-refractivity contribution in [2.45, 2.75) is 38.5 Å². The maximum absolute atomic E-state index is 11.1. The van der Waals surface area contributed by atoms with Gasteiger partial charge in [0.25, 0.3) is 0 Å². The second kappa shape index (κ2) is 6.89. The third-order valence-electron chi connectivity index (χ3n) is 2.39. The number of hydrogen-bond donors (Lipinski definition) is 2. The molecule has 3 nitrogen and oxygen atoms in total. The minimum atomic E-state index is 0.139. The molecule has 1 saturated heterocycles. The number of amides is 1. The van der Waals surface area contributed by atoms with Crippen molar-refractivity contribution in [2.75, 3.05) is 19.6 Å². The first kappa shape index (κ1) is 10.5. The Kier molecular flexibility index (Phi) is 5.57. The topological polar surface area (TPSA) is 41.1 Å². The van der Waals surface area contributed by atoms with Crippen LogP contribution in [-0.4, -0.2) is 25.5 Å². The number of hydrogen-bond acceptors (Lipinski definition) is 2.